The maximum atomic E-state index is 13.6. The van der Waals surface area contributed by atoms with Gasteiger partial charge in [0.15, 0.2) is 11.6 Å². The van der Waals surface area contributed by atoms with Crippen molar-refractivity contribution in [2.45, 2.75) is 6.92 Å². The summed E-state index contributed by atoms with van der Waals surface area (Å²) in [4.78, 5) is 17.0. The molecule has 27 heavy (non-hydrogen) atoms. The Morgan fingerprint density at radius 1 is 1.19 bits per heavy atom. The highest BCUT2D eigenvalue weighted by atomic mass is 32.2. The number of phenols is 1. The van der Waals surface area contributed by atoms with Crippen molar-refractivity contribution < 1.29 is 24.1 Å². The van der Waals surface area contributed by atoms with Crippen LogP contribution in [0.25, 0.3) is 6.08 Å². The van der Waals surface area contributed by atoms with Crippen LogP contribution in [0.15, 0.2) is 69.8 Å². The molecule has 0 saturated heterocycles. The van der Waals surface area contributed by atoms with E-state index in [0.717, 1.165) is 17.8 Å². The maximum absolute atomic E-state index is 13.6. The number of carbonyl (C=O) groups excluding carboxylic acids is 1. The van der Waals surface area contributed by atoms with Crippen LogP contribution in [-0.4, -0.2) is 27.8 Å². The van der Waals surface area contributed by atoms with E-state index in [0.29, 0.717) is 5.69 Å². The van der Waals surface area contributed by atoms with E-state index in [2.05, 4.69) is 4.99 Å². The number of rotatable bonds is 4. The van der Waals surface area contributed by atoms with Crippen molar-refractivity contribution in [3.05, 3.63) is 76.1 Å². The number of carbonyl (C=O) groups is 1. The first-order chi connectivity index (χ1) is 13.0. The number of aliphatic hydroxyl groups is 1. The van der Waals surface area contributed by atoms with Crippen molar-refractivity contribution in [2.75, 3.05) is 6.61 Å². The van der Waals surface area contributed by atoms with Crippen LogP contribution in [0.2, 0.25) is 0 Å². The molecular formula is C20H16FNO4S. The summed E-state index contributed by atoms with van der Waals surface area (Å²) >= 11 is 1.04. The largest absolute Gasteiger partial charge is 0.506 e. The number of nitrogens with zero attached hydrogens (tertiary/aromatic N) is 1. The Morgan fingerprint density at radius 3 is 2.63 bits per heavy atom. The first-order valence-electron chi connectivity index (χ1n) is 8.13. The van der Waals surface area contributed by atoms with Crippen molar-refractivity contribution in [3.63, 3.8) is 0 Å². The molecule has 0 fully saturated rings. The standard InChI is InChI=1S/C20H16FNO4S/c1-2-26-20(25)16-18(24)15(11-12-7-6-10-14(21)17(12)23)27-19(16)22-13-8-4-3-5-9-13/h3-11,23-24H,2H2,1H3. The van der Waals surface area contributed by atoms with E-state index in [-0.39, 0.29) is 33.5 Å². The molecular weight excluding hydrogens is 369 g/mol. The predicted molar refractivity (Wildman–Crippen MR) is 103 cm³/mol. The number of benzene rings is 2. The summed E-state index contributed by atoms with van der Waals surface area (Å²) in [7, 11) is 0. The fourth-order valence-corrected chi connectivity index (χ4v) is 3.43. The monoisotopic (exact) mass is 385 g/mol. The van der Waals surface area contributed by atoms with Crippen LogP contribution in [0.1, 0.15) is 12.5 Å². The minimum Gasteiger partial charge on any atom is -0.506 e. The number of halogens is 1. The second-order valence-corrected chi connectivity index (χ2v) is 6.52. The molecule has 0 bridgehead atoms. The lowest BCUT2D eigenvalue weighted by molar-refractivity contribution is -0.138. The van der Waals surface area contributed by atoms with Gasteiger partial charge >= 0.3 is 5.97 Å². The fourth-order valence-electron chi connectivity index (χ4n) is 2.40. The van der Waals surface area contributed by atoms with Gasteiger partial charge in [0.05, 0.1) is 17.2 Å². The summed E-state index contributed by atoms with van der Waals surface area (Å²) in [6.07, 6.45) is 1.39. The molecule has 1 heterocycles. The molecule has 0 aliphatic carbocycles. The molecule has 3 rings (SSSR count). The van der Waals surface area contributed by atoms with Crippen LogP contribution in [0, 0.1) is 5.82 Å². The van der Waals surface area contributed by atoms with Gasteiger partial charge in [0.1, 0.15) is 16.4 Å². The highest BCUT2D eigenvalue weighted by Crippen LogP contribution is 2.41. The zero-order valence-electron chi connectivity index (χ0n) is 14.3. The number of ether oxygens (including phenoxy) is 1. The van der Waals surface area contributed by atoms with E-state index in [1.54, 1.807) is 31.2 Å². The van der Waals surface area contributed by atoms with Gasteiger partial charge in [-0.25, -0.2) is 14.2 Å². The summed E-state index contributed by atoms with van der Waals surface area (Å²) in [6, 6.07) is 13.0. The lowest BCUT2D eigenvalue weighted by atomic mass is 10.1. The van der Waals surface area contributed by atoms with Gasteiger partial charge in [0, 0.05) is 5.56 Å². The molecule has 0 saturated carbocycles. The molecule has 0 spiro atoms. The van der Waals surface area contributed by atoms with Gasteiger partial charge < -0.3 is 14.9 Å². The zero-order valence-corrected chi connectivity index (χ0v) is 15.2. The van der Waals surface area contributed by atoms with E-state index in [9.17, 15) is 19.4 Å². The van der Waals surface area contributed by atoms with Crippen LogP contribution in [0.3, 0.4) is 0 Å². The zero-order chi connectivity index (χ0) is 19.4. The molecule has 0 aromatic heterocycles. The van der Waals surface area contributed by atoms with Crippen molar-refractivity contribution >= 4 is 34.5 Å². The van der Waals surface area contributed by atoms with Crippen LogP contribution in [-0.2, 0) is 9.53 Å². The molecule has 0 unspecified atom stereocenters. The topological polar surface area (TPSA) is 79.1 Å². The minimum absolute atomic E-state index is 0.0622. The van der Waals surface area contributed by atoms with E-state index in [1.807, 2.05) is 6.07 Å². The van der Waals surface area contributed by atoms with Gasteiger partial charge in [-0.15, -0.1) is 0 Å². The third-order valence-corrected chi connectivity index (χ3v) is 4.68. The molecule has 138 valence electrons. The third kappa shape index (κ3) is 4.03. The average molecular weight is 385 g/mol. The van der Waals surface area contributed by atoms with Crippen molar-refractivity contribution in [1.82, 2.24) is 0 Å². The van der Waals surface area contributed by atoms with E-state index in [1.165, 1.54) is 18.2 Å². The second-order valence-electron chi connectivity index (χ2n) is 5.48. The van der Waals surface area contributed by atoms with E-state index in [4.69, 9.17) is 4.74 Å². The third-order valence-electron chi connectivity index (χ3n) is 3.66. The summed E-state index contributed by atoms with van der Waals surface area (Å²) < 4.78 is 18.6. The number of esters is 1. The molecule has 2 aromatic rings. The van der Waals surface area contributed by atoms with Gasteiger partial charge in [-0.05, 0) is 31.2 Å². The number of hydrogen-bond donors (Lipinski definition) is 2. The Morgan fingerprint density at radius 2 is 1.93 bits per heavy atom. The van der Waals surface area contributed by atoms with Crippen LogP contribution >= 0.6 is 11.8 Å². The summed E-state index contributed by atoms with van der Waals surface area (Å²) in [6.45, 7) is 1.80. The lowest BCUT2D eigenvalue weighted by Gasteiger charge is -2.03. The summed E-state index contributed by atoms with van der Waals surface area (Å²) in [5, 5.41) is 20.7. The second kappa shape index (κ2) is 8.09. The van der Waals surface area contributed by atoms with Crippen LogP contribution < -0.4 is 0 Å². The molecule has 7 heteroatoms. The summed E-state index contributed by atoms with van der Waals surface area (Å²) in [5.41, 5.74) is 0.713. The maximum Gasteiger partial charge on any atom is 0.344 e. The Hall–Kier alpha value is -3.06. The number of phenolic OH excluding ortho intramolecular Hbond substituents is 1. The fraction of sp³-hybridized carbons (Fsp3) is 0.100. The summed E-state index contributed by atoms with van der Waals surface area (Å²) in [5.74, 6) is -2.34. The Balaban J connectivity index is 2.07. The molecule has 0 amide bonds. The molecule has 2 aromatic carbocycles. The number of hydrogen-bond acceptors (Lipinski definition) is 6. The SMILES string of the molecule is CCOC(=O)C1=C(O)C(=Cc2cccc(F)c2O)SC1=Nc1ccccc1. The number of aliphatic imine (C=N–C) groups is 1. The number of aromatic hydroxyl groups is 1. The first kappa shape index (κ1) is 18.7. The van der Waals surface area contributed by atoms with Crippen LogP contribution in [0.5, 0.6) is 5.75 Å². The first-order valence-corrected chi connectivity index (χ1v) is 8.94. The number of para-hydroxylation sites is 2. The molecule has 0 radical (unpaired) electrons. The number of thioether (sulfide) groups is 1. The van der Waals surface area contributed by atoms with Crippen LogP contribution in [0.4, 0.5) is 10.1 Å². The quantitative estimate of drug-likeness (QED) is 0.744. The normalized spacial score (nSPS) is 17.0. The van der Waals surface area contributed by atoms with E-state index >= 15 is 0 Å². The minimum atomic E-state index is -0.778. The molecule has 1 aliphatic rings. The predicted octanol–water partition coefficient (Wildman–Crippen LogP) is 4.72. The molecule has 2 N–H and O–H groups in total. The van der Waals surface area contributed by atoms with Gasteiger partial charge in [0.2, 0.25) is 0 Å². The van der Waals surface area contributed by atoms with E-state index < -0.39 is 17.5 Å². The average Bonchev–Trinajstić information content (AvgIpc) is 2.95. The molecule has 5 nitrogen and oxygen atoms in total. The Bertz CT molecular complexity index is 967. The van der Waals surface area contributed by atoms with Gasteiger partial charge in [-0.1, -0.05) is 42.1 Å². The van der Waals surface area contributed by atoms with Crippen molar-refractivity contribution in [1.29, 1.82) is 0 Å². The highest BCUT2D eigenvalue weighted by molar-refractivity contribution is 8.18. The molecule has 1 aliphatic heterocycles. The van der Waals surface area contributed by atoms with Gasteiger partial charge in [-0.2, -0.15) is 0 Å². The Labute approximate surface area is 159 Å². The van der Waals surface area contributed by atoms with Gasteiger partial charge in [0.25, 0.3) is 0 Å². The van der Waals surface area contributed by atoms with Crippen molar-refractivity contribution in [3.8, 4) is 5.75 Å². The van der Waals surface area contributed by atoms with Crippen molar-refractivity contribution in [2.24, 2.45) is 4.99 Å². The highest BCUT2D eigenvalue weighted by Gasteiger charge is 2.33. The molecule has 0 atom stereocenters. The lowest BCUT2D eigenvalue weighted by Crippen LogP contribution is -2.12. The smallest absolute Gasteiger partial charge is 0.344 e. The Kier molecular flexibility index (Phi) is 5.61. The van der Waals surface area contributed by atoms with Gasteiger partial charge in [-0.3, -0.25) is 0 Å². The number of aliphatic hydroxyl groups excluding tert-OH is 1.